The number of nitrogen functional groups attached to an aromatic ring is 1. The summed E-state index contributed by atoms with van der Waals surface area (Å²) in [4.78, 5) is 38.1. The second-order valence-corrected chi connectivity index (χ2v) is 10.1. The fourth-order valence-electron chi connectivity index (χ4n) is 4.87. The number of nitrogens with zero attached hydrogens (tertiary/aromatic N) is 4. The van der Waals surface area contributed by atoms with E-state index in [1.807, 2.05) is 83.4 Å². The highest BCUT2D eigenvalue weighted by Crippen LogP contribution is 2.31. The molecule has 9 nitrogen and oxygen atoms in total. The number of carbonyl (C=O) groups is 2. The number of rotatable bonds is 8. The lowest BCUT2D eigenvalue weighted by atomic mass is 10.00. The molecule has 3 aromatic carbocycles. The first-order valence-corrected chi connectivity index (χ1v) is 13.7. The molecule has 0 spiro atoms. The zero-order valence-electron chi connectivity index (χ0n) is 23.3. The van der Waals surface area contributed by atoms with Crippen LogP contribution in [0.2, 0.25) is 0 Å². The summed E-state index contributed by atoms with van der Waals surface area (Å²) in [7, 11) is 0. The average Bonchev–Trinajstić information content (AvgIpc) is 3.42. The number of anilines is 1. The van der Waals surface area contributed by atoms with Gasteiger partial charge in [-0.15, -0.1) is 0 Å². The van der Waals surface area contributed by atoms with Crippen LogP contribution in [0.1, 0.15) is 34.3 Å². The van der Waals surface area contributed by atoms with Crippen LogP contribution in [0.5, 0.6) is 0 Å². The van der Waals surface area contributed by atoms with Gasteiger partial charge in [-0.05, 0) is 66.6 Å². The highest BCUT2D eigenvalue weighted by molar-refractivity contribution is 5.94. The van der Waals surface area contributed by atoms with Crippen molar-refractivity contribution in [3.05, 3.63) is 126 Å². The molecule has 0 radical (unpaired) electrons. The third-order valence-corrected chi connectivity index (χ3v) is 7.34. The first-order chi connectivity index (χ1) is 20.9. The molecule has 1 atom stereocenters. The van der Waals surface area contributed by atoms with E-state index in [1.165, 1.54) is 0 Å². The molecule has 4 N–H and O–H groups in total. The van der Waals surface area contributed by atoms with Gasteiger partial charge in [-0.3, -0.25) is 14.2 Å². The molecule has 1 unspecified atom stereocenters. The van der Waals surface area contributed by atoms with Gasteiger partial charge in [-0.1, -0.05) is 54.6 Å². The van der Waals surface area contributed by atoms with E-state index in [0.717, 1.165) is 28.0 Å². The minimum absolute atomic E-state index is 0.244. The number of aliphatic carboxylic acids is 1. The molecule has 212 valence electrons. The van der Waals surface area contributed by atoms with Crippen LogP contribution in [0, 0.1) is 0 Å². The molecule has 43 heavy (non-hydrogen) atoms. The van der Waals surface area contributed by atoms with Gasteiger partial charge < -0.3 is 16.2 Å². The van der Waals surface area contributed by atoms with Gasteiger partial charge in [0.25, 0.3) is 5.91 Å². The van der Waals surface area contributed by atoms with Crippen LogP contribution in [-0.4, -0.2) is 36.5 Å². The molecule has 6 rings (SSSR count). The summed E-state index contributed by atoms with van der Waals surface area (Å²) in [6.45, 7) is 1.93. The number of carbonyl (C=O) groups excluding carboxylic acids is 1. The maximum absolute atomic E-state index is 12.7. The Labute approximate surface area is 247 Å². The zero-order chi connectivity index (χ0) is 29.9. The van der Waals surface area contributed by atoms with E-state index in [4.69, 9.17) is 15.7 Å². The molecule has 1 amide bonds. The monoisotopic (exact) mass is 568 g/mol. The number of hydrogen-bond donors (Lipinski definition) is 3. The number of nitrogens with two attached hydrogens (primary N) is 1. The van der Waals surface area contributed by atoms with E-state index in [9.17, 15) is 14.7 Å². The van der Waals surface area contributed by atoms with Crippen molar-refractivity contribution in [2.45, 2.75) is 19.4 Å². The molecule has 9 heteroatoms. The van der Waals surface area contributed by atoms with Gasteiger partial charge in [0.2, 0.25) is 0 Å². The van der Waals surface area contributed by atoms with Gasteiger partial charge >= 0.3 is 5.97 Å². The fraction of sp³-hybridized carbons (Fsp3) is 0.0882. The van der Waals surface area contributed by atoms with Crippen molar-refractivity contribution in [2.75, 3.05) is 5.73 Å². The van der Waals surface area contributed by atoms with E-state index < -0.39 is 11.9 Å². The molecule has 0 aliphatic carbocycles. The molecule has 0 aliphatic heterocycles. The van der Waals surface area contributed by atoms with Gasteiger partial charge in [0, 0.05) is 29.6 Å². The van der Waals surface area contributed by atoms with Crippen molar-refractivity contribution in [3.8, 4) is 28.3 Å². The Balaban J connectivity index is 1.29. The molecule has 3 aromatic heterocycles. The van der Waals surface area contributed by atoms with Gasteiger partial charge in [-0.25, -0.2) is 15.0 Å². The maximum atomic E-state index is 12.7. The molecule has 3 heterocycles. The third kappa shape index (κ3) is 5.56. The van der Waals surface area contributed by atoms with Gasteiger partial charge in [-0.2, -0.15) is 0 Å². The summed E-state index contributed by atoms with van der Waals surface area (Å²) in [6, 6.07) is 32.0. The Morgan fingerprint density at radius 3 is 2.33 bits per heavy atom. The Hall–Kier alpha value is -5.83. The lowest BCUT2D eigenvalue weighted by molar-refractivity contribution is -0.138. The van der Waals surface area contributed by atoms with Crippen LogP contribution in [0.4, 0.5) is 5.82 Å². The maximum Gasteiger partial charge on any atom is 0.310 e. The average molecular weight is 569 g/mol. The van der Waals surface area contributed by atoms with Crippen molar-refractivity contribution in [2.24, 2.45) is 0 Å². The van der Waals surface area contributed by atoms with Gasteiger partial charge in [0.1, 0.15) is 11.3 Å². The van der Waals surface area contributed by atoms with Gasteiger partial charge in [0.15, 0.2) is 11.5 Å². The minimum atomic E-state index is -0.909. The van der Waals surface area contributed by atoms with Crippen molar-refractivity contribution in [1.82, 2.24) is 24.8 Å². The summed E-state index contributed by atoms with van der Waals surface area (Å²) in [5.74, 6) is -0.801. The summed E-state index contributed by atoms with van der Waals surface area (Å²) in [6.07, 6.45) is 1.64. The number of carboxylic acids is 1. The molecular weight excluding hydrogens is 540 g/mol. The molecule has 0 bridgehead atoms. The summed E-state index contributed by atoms with van der Waals surface area (Å²) in [5, 5.41) is 12.1. The van der Waals surface area contributed by atoms with Crippen LogP contribution in [-0.2, 0) is 11.3 Å². The largest absolute Gasteiger partial charge is 0.481 e. The Bertz CT molecular complexity index is 1930. The van der Waals surface area contributed by atoms with E-state index >= 15 is 0 Å². The number of pyridine rings is 2. The predicted molar refractivity (Wildman–Crippen MR) is 166 cm³/mol. The minimum Gasteiger partial charge on any atom is -0.481 e. The van der Waals surface area contributed by atoms with E-state index in [2.05, 4.69) is 10.3 Å². The second-order valence-electron chi connectivity index (χ2n) is 10.1. The number of benzene rings is 3. The first kappa shape index (κ1) is 27.3. The van der Waals surface area contributed by atoms with E-state index in [-0.39, 0.29) is 5.91 Å². The van der Waals surface area contributed by atoms with E-state index in [1.54, 1.807) is 37.4 Å². The number of fused-ring (bicyclic) bond motifs is 1. The first-order valence-electron chi connectivity index (χ1n) is 13.7. The van der Waals surface area contributed by atoms with Crippen LogP contribution >= 0.6 is 0 Å². The van der Waals surface area contributed by atoms with Crippen molar-refractivity contribution in [3.63, 3.8) is 0 Å². The summed E-state index contributed by atoms with van der Waals surface area (Å²) >= 11 is 0. The Kier molecular flexibility index (Phi) is 7.36. The number of aromatic nitrogens is 4. The zero-order valence-corrected chi connectivity index (χ0v) is 23.3. The topological polar surface area (TPSA) is 136 Å². The predicted octanol–water partition coefficient (Wildman–Crippen LogP) is 5.85. The quantitative estimate of drug-likeness (QED) is 0.210. The number of hydrogen-bond acceptors (Lipinski definition) is 6. The number of amides is 1. The summed E-state index contributed by atoms with van der Waals surface area (Å²) < 4.78 is 1.97. The lowest BCUT2D eigenvalue weighted by Gasteiger charge is -2.12. The SMILES string of the molecule is CC(C(=O)O)c1ccc(C(=O)NCc2ccc(-n3c(-c4cccnc4N)nc4ccc(-c5ccccc5)nc43)cc2)cc1. The highest BCUT2D eigenvalue weighted by atomic mass is 16.4. The normalized spacial score (nSPS) is 11.7. The molecular formula is C34H28N6O3. The van der Waals surface area contributed by atoms with Gasteiger partial charge in [0.05, 0.1) is 17.2 Å². The number of imidazole rings is 1. The molecule has 0 saturated heterocycles. The molecule has 0 fully saturated rings. The Morgan fingerprint density at radius 2 is 1.63 bits per heavy atom. The van der Waals surface area contributed by atoms with Crippen molar-refractivity contribution >= 4 is 28.9 Å². The Morgan fingerprint density at radius 1 is 0.884 bits per heavy atom. The highest BCUT2D eigenvalue weighted by Gasteiger charge is 2.19. The smallest absolute Gasteiger partial charge is 0.310 e. The summed E-state index contributed by atoms with van der Waals surface area (Å²) in [5.41, 5.74) is 13.0. The van der Waals surface area contributed by atoms with Crippen LogP contribution in [0.15, 0.2) is 109 Å². The number of carboxylic acid groups (broad SMARTS) is 1. The lowest BCUT2D eigenvalue weighted by Crippen LogP contribution is -2.22. The van der Waals surface area contributed by atoms with Crippen molar-refractivity contribution in [1.29, 1.82) is 0 Å². The van der Waals surface area contributed by atoms with Crippen LogP contribution in [0.3, 0.4) is 0 Å². The van der Waals surface area contributed by atoms with E-state index in [0.29, 0.717) is 40.5 Å². The molecule has 6 aromatic rings. The number of nitrogens with one attached hydrogen (secondary N) is 1. The standard InChI is InChI=1S/C34H28N6O3/c1-21(34(42)43)23-11-13-25(14-12-23)33(41)37-20-22-9-15-26(16-10-22)40-31(27-8-5-19-36-30(27)35)39-29-18-17-28(38-32(29)40)24-6-3-2-4-7-24/h2-19,21H,20H2,1H3,(H2,35,36)(H,37,41)(H,42,43). The van der Waals surface area contributed by atoms with Crippen LogP contribution in [0.25, 0.3) is 39.5 Å². The van der Waals surface area contributed by atoms with Crippen LogP contribution < -0.4 is 11.1 Å². The fourth-order valence-corrected chi connectivity index (χ4v) is 4.87. The molecule has 0 saturated carbocycles. The third-order valence-electron chi connectivity index (χ3n) is 7.34. The molecule has 0 aliphatic rings. The van der Waals surface area contributed by atoms with Crippen molar-refractivity contribution < 1.29 is 14.7 Å². The second kappa shape index (κ2) is 11.6.